The predicted molar refractivity (Wildman–Crippen MR) is 93.3 cm³/mol. The first-order chi connectivity index (χ1) is 12.0. The highest BCUT2D eigenvalue weighted by atomic mass is 16.4. The zero-order chi connectivity index (χ0) is 17.8. The quantitative estimate of drug-likeness (QED) is 0.907. The van der Waals surface area contributed by atoms with E-state index in [1.807, 2.05) is 35.2 Å². The summed E-state index contributed by atoms with van der Waals surface area (Å²) in [6.07, 6.45) is 5.08. The molecule has 1 aromatic heterocycles. The molecule has 1 unspecified atom stereocenters. The Labute approximate surface area is 147 Å². The van der Waals surface area contributed by atoms with Crippen LogP contribution in [0.15, 0.2) is 42.7 Å². The van der Waals surface area contributed by atoms with Crippen LogP contribution in [0.5, 0.6) is 0 Å². The van der Waals surface area contributed by atoms with Crippen molar-refractivity contribution in [2.24, 2.45) is 13.0 Å². The maximum atomic E-state index is 12.5. The third-order valence-corrected chi connectivity index (χ3v) is 4.97. The number of carbonyl (C=O) groups excluding carboxylic acids is 1. The van der Waals surface area contributed by atoms with Gasteiger partial charge in [0.1, 0.15) is 0 Å². The van der Waals surface area contributed by atoms with Crippen molar-refractivity contribution in [2.45, 2.75) is 25.2 Å². The van der Waals surface area contributed by atoms with E-state index in [1.54, 1.807) is 24.1 Å². The number of aryl methyl sites for hydroxylation is 1. The molecule has 1 amide bonds. The van der Waals surface area contributed by atoms with Crippen LogP contribution < -0.4 is 0 Å². The number of hydrogen-bond acceptors (Lipinski definition) is 3. The Balaban J connectivity index is 1.67. The Morgan fingerprint density at radius 2 is 1.92 bits per heavy atom. The fourth-order valence-electron chi connectivity index (χ4n) is 3.66. The van der Waals surface area contributed by atoms with Crippen molar-refractivity contribution in [3.8, 4) is 0 Å². The van der Waals surface area contributed by atoms with E-state index in [2.05, 4.69) is 5.10 Å². The van der Waals surface area contributed by atoms with Crippen molar-refractivity contribution < 1.29 is 14.7 Å². The Hall–Kier alpha value is -2.63. The number of carbonyl (C=O) groups is 2. The summed E-state index contributed by atoms with van der Waals surface area (Å²) in [5, 5.41) is 13.3. The number of aromatic nitrogens is 2. The van der Waals surface area contributed by atoms with Crippen LogP contribution in [0.4, 0.5) is 0 Å². The average molecular weight is 341 g/mol. The van der Waals surface area contributed by atoms with E-state index in [4.69, 9.17) is 0 Å². The molecular weight excluding hydrogens is 318 g/mol. The number of amides is 1. The number of carboxylic acids is 1. The summed E-state index contributed by atoms with van der Waals surface area (Å²) in [6, 6.07) is 9.84. The van der Waals surface area contributed by atoms with E-state index in [1.165, 1.54) is 0 Å². The summed E-state index contributed by atoms with van der Waals surface area (Å²) in [5.41, 5.74) is 1.67. The number of benzene rings is 1. The van der Waals surface area contributed by atoms with Gasteiger partial charge in [-0.25, -0.2) is 0 Å². The Kier molecular flexibility index (Phi) is 5.16. The van der Waals surface area contributed by atoms with Crippen molar-refractivity contribution in [3.63, 3.8) is 0 Å². The third-order valence-electron chi connectivity index (χ3n) is 4.97. The molecule has 0 radical (unpaired) electrons. The number of hydrogen-bond donors (Lipinski definition) is 1. The zero-order valence-electron chi connectivity index (χ0n) is 14.3. The number of nitrogens with zero attached hydrogens (tertiary/aromatic N) is 3. The van der Waals surface area contributed by atoms with Crippen LogP contribution in [0, 0.1) is 5.92 Å². The Morgan fingerprint density at radius 1 is 1.24 bits per heavy atom. The number of piperidine rings is 1. The molecule has 2 heterocycles. The molecule has 1 aliphatic heterocycles. The van der Waals surface area contributed by atoms with Crippen LogP contribution >= 0.6 is 0 Å². The SMILES string of the molecule is Cn1cc(C(=O)N2CCC(C(CC(=O)O)c3ccccc3)CC2)cn1. The standard InChI is InChI=1S/C19H23N3O3/c1-21-13-16(12-20-21)19(25)22-9-7-15(8-10-22)17(11-18(23)24)14-5-3-2-4-6-14/h2-6,12-13,15,17H,7-11H2,1H3,(H,23,24). The molecule has 0 saturated carbocycles. The Morgan fingerprint density at radius 3 is 2.48 bits per heavy atom. The molecule has 3 rings (SSSR count). The predicted octanol–water partition coefficient (Wildman–Crippen LogP) is 2.53. The second-order valence-corrected chi connectivity index (χ2v) is 6.65. The molecular formula is C19H23N3O3. The van der Waals surface area contributed by atoms with Gasteiger partial charge in [0.05, 0.1) is 18.2 Å². The first kappa shape index (κ1) is 17.2. The van der Waals surface area contributed by atoms with E-state index < -0.39 is 5.97 Å². The summed E-state index contributed by atoms with van der Waals surface area (Å²) in [5.74, 6) is -0.505. The van der Waals surface area contributed by atoms with Crippen molar-refractivity contribution in [1.29, 1.82) is 0 Å². The van der Waals surface area contributed by atoms with Crippen LogP contribution in [-0.2, 0) is 11.8 Å². The lowest BCUT2D eigenvalue weighted by Crippen LogP contribution is -2.40. The number of aliphatic carboxylic acids is 1. The lowest BCUT2D eigenvalue weighted by atomic mass is 9.78. The molecule has 1 atom stereocenters. The summed E-state index contributed by atoms with van der Waals surface area (Å²) in [4.78, 5) is 25.7. The van der Waals surface area contributed by atoms with Gasteiger partial charge in [0.25, 0.3) is 5.91 Å². The number of likely N-dealkylation sites (tertiary alicyclic amines) is 1. The molecule has 1 fully saturated rings. The normalized spacial score (nSPS) is 16.6. The highest BCUT2D eigenvalue weighted by molar-refractivity contribution is 5.93. The van der Waals surface area contributed by atoms with Crippen LogP contribution in [0.1, 0.15) is 41.1 Å². The van der Waals surface area contributed by atoms with Crippen molar-refractivity contribution in [3.05, 3.63) is 53.9 Å². The van der Waals surface area contributed by atoms with E-state index in [0.29, 0.717) is 18.7 Å². The maximum Gasteiger partial charge on any atom is 0.303 e. The largest absolute Gasteiger partial charge is 0.481 e. The van der Waals surface area contributed by atoms with Crippen LogP contribution in [-0.4, -0.2) is 44.8 Å². The number of carboxylic acid groups (broad SMARTS) is 1. The fourth-order valence-corrected chi connectivity index (χ4v) is 3.66. The molecule has 0 aliphatic carbocycles. The summed E-state index contributed by atoms with van der Waals surface area (Å²) < 4.78 is 1.62. The van der Waals surface area contributed by atoms with Gasteiger partial charge in [-0.15, -0.1) is 0 Å². The van der Waals surface area contributed by atoms with Crippen LogP contribution in [0.3, 0.4) is 0 Å². The molecule has 1 aliphatic rings. The molecule has 132 valence electrons. The topological polar surface area (TPSA) is 75.4 Å². The molecule has 0 spiro atoms. The van der Waals surface area contributed by atoms with Crippen molar-refractivity contribution >= 4 is 11.9 Å². The third kappa shape index (κ3) is 4.07. The highest BCUT2D eigenvalue weighted by Crippen LogP contribution is 2.35. The van der Waals surface area contributed by atoms with E-state index in [0.717, 1.165) is 18.4 Å². The first-order valence-electron chi connectivity index (χ1n) is 8.59. The molecule has 6 heteroatoms. The monoisotopic (exact) mass is 341 g/mol. The maximum absolute atomic E-state index is 12.5. The number of rotatable bonds is 5. The van der Waals surface area contributed by atoms with Gasteiger partial charge >= 0.3 is 5.97 Å². The minimum absolute atomic E-state index is 0.000968. The first-order valence-corrected chi connectivity index (χ1v) is 8.59. The summed E-state index contributed by atoms with van der Waals surface area (Å²) >= 11 is 0. The van der Waals surface area contributed by atoms with Crippen molar-refractivity contribution in [1.82, 2.24) is 14.7 Å². The van der Waals surface area contributed by atoms with Crippen LogP contribution in [0.25, 0.3) is 0 Å². The lowest BCUT2D eigenvalue weighted by Gasteiger charge is -2.35. The average Bonchev–Trinajstić information content (AvgIpc) is 3.06. The smallest absolute Gasteiger partial charge is 0.303 e. The van der Waals surface area contributed by atoms with Gasteiger partial charge in [0.2, 0.25) is 0 Å². The second kappa shape index (κ2) is 7.51. The van der Waals surface area contributed by atoms with Crippen LogP contribution in [0.2, 0.25) is 0 Å². The fraction of sp³-hybridized carbons (Fsp3) is 0.421. The van der Waals surface area contributed by atoms with Crippen molar-refractivity contribution in [2.75, 3.05) is 13.1 Å². The minimum Gasteiger partial charge on any atom is -0.481 e. The molecule has 1 N–H and O–H groups in total. The molecule has 25 heavy (non-hydrogen) atoms. The second-order valence-electron chi connectivity index (χ2n) is 6.65. The highest BCUT2D eigenvalue weighted by Gasteiger charge is 2.31. The zero-order valence-corrected chi connectivity index (χ0v) is 14.3. The molecule has 1 saturated heterocycles. The van der Waals surface area contributed by atoms with Gasteiger partial charge in [-0.3, -0.25) is 14.3 Å². The van der Waals surface area contributed by atoms with E-state index in [9.17, 15) is 14.7 Å². The molecule has 1 aromatic carbocycles. The van der Waals surface area contributed by atoms with Gasteiger partial charge in [-0.1, -0.05) is 30.3 Å². The molecule has 6 nitrogen and oxygen atoms in total. The van der Waals surface area contributed by atoms with E-state index in [-0.39, 0.29) is 24.2 Å². The molecule has 0 bridgehead atoms. The van der Waals surface area contributed by atoms with Gasteiger partial charge in [0.15, 0.2) is 0 Å². The van der Waals surface area contributed by atoms with E-state index >= 15 is 0 Å². The van der Waals surface area contributed by atoms with Gasteiger partial charge in [0, 0.05) is 26.3 Å². The summed E-state index contributed by atoms with van der Waals surface area (Å²) in [6.45, 7) is 1.31. The van der Waals surface area contributed by atoms with Gasteiger partial charge < -0.3 is 10.0 Å². The minimum atomic E-state index is -0.775. The Bertz CT molecular complexity index is 733. The van der Waals surface area contributed by atoms with Gasteiger partial charge in [-0.05, 0) is 30.2 Å². The molecule has 2 aromatic rings. The lowest BCUT2D eigenvalue weighted by molar-refractivity contribution is -0.137. The van der Waals surface area contributed by atoms with Gasteiger partial charge in [-0.2, -0.15) is 5.10 Å². The summed E-state index contributed by atoms with van der Waals surface area (Å²) in [7, 11) is 1.79.